The van der Waals surface area contributed by atoms with E-state index in [1.807, 2.05) is 74.5 Å². The predicted octanol–water partition coefficient (Wildman–Crippen LogP) is 7.18. The zero-order chi connectivity index (χ0) is 25.9. The van der Waals surface area contributed by atoms with Gasteiger partial charge >= 0.3 is 19.5 Å². The first-order valence-electron chi connectivity index (χ1n) is 11.4. The summed E-state index contributed by atoms with van der Waals surface area (Å²) < 4.78 is 0. The third kappa shape index (κ3) is 9.77. The van der Waals surface area contributed by atoms with Gasteiger partial charge < -0.3 is 10.2 Å². The topological polar surface area (TPSA) is 70.8 Å². The molecule has 0 aliphatic carbocycles. The molecular formula is C30H26Cl2N2O2Zn. The SMILES string of the molecule is C[C@@H](N=Cc1ccccc1[O-])c1ccc(Cl)cc1.C[C@@H](N=Cc1ccccc1[O-])c1ccc(Cl)cc1.[Zn+2]. The Labute approximate surface area is 241 Å². The van der Waals surface area contributed by atoms with Gasteiger partial charge in [0, 0.05) is 22.5 Å². The van der Waals surface area contributed by atoms with Gasteiger partial charge in [0.15, 0.2) is 0 Å². The Morgan fingerprint density at radius 2 is 0.892 bits per heavy atom. The number of benzene rings is 4. The summed E-state index contributed by atoms with van der Waals surface area (Å²) >= 11 is 11.7. The summed E-state index contributed by atoms with van der Waals surface area (Å²) in [6, 6.07) is 28.8. The van der Waals surface area contributed by atoms with Gasteiger partial charge in [0.25, 0.3) is 0 Å². The minimum atomic E-state index is -0.00967. The fourth-order valence-corrected chi connectivity index (χ4v) is 3.47. The number of para-hydroxylation sites is 2. The third-order valence-electron chi connectivity index (χ3n) is 5.42. The molecule has 0 heterocycles. The van der Waals surface area contributed by atoms with Crippen molar-refractivity contribution in [3.63, 3.8) is 0 Å². The van der Waals surface area contributed by atoms with Crippen molar-refractivity contribution in [3.05, 3.63) is 129 Å². The standard InChI is InChI=1S/2C15H14ClNO.Zn/c2*1-11(12-6-8-14(16)9-7-12)17-10-13-4-2-3-5-15(13)18;/h2*2-11,18H,1H3;/q;;+2/p-2/t2*11-;/m11./s1. The first-order chi connectivity index (χ1) is 17.3. The maximum atomic E-state index is 11.5. The van der Waals surface area contributed by atoms with Crippen molar-refractivity contribution in [2.24, 2.45) is 9.98 Å². The smallest absolute Gasteiger partial charge is 0.872 e. The molecule has 4 rings (SSSR count). The molecule has 0 aliphatic rings. The van der Waals surface area contributed by atoms with Gasteiger partial charge in [0.05, 0.1) is 12.1 Å². The van der Waals surface area contributed by atoms with E-state index in [9.17, 15) is 10.2 Å². The van der Waals surface area contributed by atoms with Gasteiger partial charge in [-0.3, -0.25) is 9.98 Å². The molecule has 4 aromatic carbocycles. The maximum absolute atomic E-state index is 11.5. The maximum Gasteiger partial charge on any atom is 2.00 e. The van der Waals surface area contributed by atoms with Crippen LogP contribution >= 0.6 is 23.2 Å². The van der Waals surface area contributed by atoms with Crippen LogP contribution in [-0.2, 0) is 19.5 Å². The molecule has 184 valence electrons. The average molecular weight is 583 g/mol. The first kappa shape index (κ1) is 30.2. The van der Waals surface area contributed by atoms with Gasteiger partial charge in [-0.1, -0.05) is 96.0 Å². The Bertz CT molecular complexity index is 1210. The van der Waals surface area contributed by atoms with Crippen LogP contribution in [0.2, 0.25) is 10.0 Å². The average Bonchev–Trinajstić information content (AvgIpc) is 2.88. The van der Waals surface area contributed by atoms with Crippen molar-refractivity contribution in [1.29, 1.82) is 0 Å². The van der Waals surface area contributed by atoms with E-state index in [2.05, 4.69) is 9.98 Å². The molecule has 0 saturated carbocycles. The molecular weight excluding hydrogens is 557 g/mol. The van der Waals surface area contributed by atoms with E-state index in [0.29, 0.717) is 21.2 Å². The monoisotopic (exact) mass is 580 g/mol. The Hall–Kier alpha value is -2.98. The van der Waals surface area contributed by atoms with Crippen molar-refractivity contribution < 1.29 is 29.7 Å². The molecule has 0 N–H and O–H groups in total. The normalized spacial score (nSPS) is 12.4. The summed E-state index contributed by atoms with van der Waals surface area (Å²) in [6.45, 7) is 3.96. The van der Waals surface area contributed by atoms with Gasteiger partial charge in [0.1, 0.15) is 0 Å². The van der Waals surface area contributed by atoms with Crippen molar-refractivity contribution in [3.8, 4) is 11.5 Å². The molecule has 37 heavy (non-hydrogen) atoms. The van der Waals surface area contributed by atoms with Crippen molar-refractivity contribution in [2.75, 3.05) is 0 Å². The van der Waals surface area contributed by atoms with Crippen LogP contribution in [0.15, 0.2) is 107 Å². The van der Waals surface area contributed by atoms with Crippen LogP contribution in [-0.4, -0.2) is 12.4 Å². The summed E-state index contributed by atoms with van der Waals surface area (Å²) in [7, 11) is 0. The Balaban J connectivity index is 0.000000253. The Kier molecular flexibility index (Phi) is 12.5. The minimum Gasteiger partial charge on any atom is -0.872 e. The van der Waals surface area contributed by atoms with Crippen molar-refractivity contribution in [2.45, 2.75) is 25.9 Å². The summed E-state index contributed by atoms with van der Waals surface area (Å²) in [6.07, 6.45) is 3.25. The van der Waals surface area contributed by atoms with Crippen LogP contribution in [0.3, 0.4) is 0 Å². The molecule has 0 aromatic heterocycles. The van der Waals surface area contributed by atoms with E-state index >= 15 is 0 Å². The first-order valence-corrected chi connectivity index (χ1v) is 12.2. The number of hydrogen-bond donors (Lipinski definition) is 0. The largest absolute Gasteiger partial charge is 2.00 e. The molecule has 7 heteroatoms. The molecule has 0 amide bonds. The van der Waals surface area contributed by atoms with E-state index in [1.54, 1.807) is 36.7 Å². The summed E-state index contributed by atoms with van der Waals surface area (Å²) in [5.74, 6) is -0.0193. The molecule has 0 bridgehead atoms. The Morgan fingerprint density at radius 1 is 0.568 bits per heavy atom. The molecule has 4 aromatic rings. The van der Waals surface area contributed by atoms with Crippen LogP contribution in [0.1, 0.15) is 48.2 Å². The molecule has 0 aliphatic heterocycles. The number of rotatable bonds is 6. The summed E-state index contributed by atoms with van der Waals surface area (Å²) in [5.41, 5.74) is 3.36. The molecule has 0 saturated heterocycles. The van der Waals surface area contributed by atoms with Crippen LogP contribution in [0.5, 0.6) is 11.5 Å². The van der Waals surface area contributed by atoms with E-state index in [1.165, 1.54) is 12.1 Å². The second kappa shape index (κ2) is 15.3. The molecule has 0 spiro atoms. The van der Waals surface area contributed by atoms with Gasteiger partial charge in [-0.25, -0.2) is 0 Å². The van der Waals surface area contributed by atoms with Gasteiger partial charge in [-0.05, 0) is 60.4 Å². The number of halogens is 2. The van der Waals surface area contributed by atoms with Gasteiger partial charge in [-0.15, -0.1) is 11.5 Å². The molecule has 4 nitrogen and oxygen atoms in total. The van der Waals surface area contributed by atoms with Gasteiger partial charge in [0.2, 0.25) is 0 Å². The quantitative estimate of drug-likeness (QED) is 0.178. The van der Waals surface area contributed by atoms with E-state index in [4.69, 9.17) is 23.2 Å². The van der Waals surface area contributed by atoms with E-state index in [0.717, 1.165) is 11.1 Å². The van der Waals surface area contributed by atoms with Crippen molar-refractivity contribution in [1.82, 2.24) is 0 Å². The molecule has 0 radical (unpaired) electrons. The van der Waals surface area contributed by atoms with Crippen LogP contribution in [0, 0.1) is 0 Å². The number of hydrogen-bond acceptors (Lipinski definition) is 4. The van der Waals surface area contributed by atoms with Crippen molar-refractivity contribution >= 4 is 35.6 Å². The Morgan fingerprint density at radius 3 is 1.22 bits per heavy atom. The number of nitrogens with zero attached hydrogens (tertiary/aromatic N) is 2. The molecule has 0 unspecified atom stereocenters. The second-order valence-corrected chi connectivity index (χ2v) is 8.96. The fourth-order valence-electron chi connectivity index (χ4n) is 3.21. The summed E-state index contributed by atoms with van der Waals surface area (Å²) in [4.78, 5) is 8.77. The molecule has 0 fully saturated rings. The van der Waals surface area contributed by atoms with Crippen LogP contribution in [0.4, 0.5) is 0 Å². The summed E-state index contributed by atoms with van der Waals surface area (Å²) in [5, 5.41) is 24.4. The number of aliphatic imine (C=N–C) groups is 2. The second-order valence-electron chi connectivity index (χ2n) is 8.09. The van der Waals surface area contributed by atoms with Crippen LogP contribution in [0.25, 0.3) is 0 Å². The minimum absolute atomic E-state index is 0. The zero-order valence-electron chi connectivity index (χ0n) is 20.7. The third-order valence-corrected chi connectivity index (χ3v) is 5.92. The van der Waals surface area contributed by atoms with E-state index in [-0.39, 0.29) is 43.1 Å². The zero-order valence-corrected chi connectivity index (χ0v) is 25.2. The predicted molar refractivity (Wildman–Crippen MR) is 147 cm³/mol. The van der Waals surface area contributed by atoms with E-state index < -0.39 is 0 Å². The molecule has 2 atom stereocenters. The fraction of sp³-hybridized carbons (Fsp3) is 0.133. The van der Waals surface area contributed by atoms with Gasteiger partial charge in [-0.2, -0.15) is 0 Å². The van der Waals surface area contributed by atoms with Crippen LogP contribution < -0.4 is 10.2 Å².